The maximum atomic E-state index is 6.09. The smallest absolute Gasteiger partial charge is 0.0896 e. The molecule has 2 aliphatic rings. The van der Waals surface area contributed by atoms with Crippen LogP contribution in [0.15, 0.2) is 24.3 Å². The van der Waals surface area contributed by atoms with Gasteiger partial charge in [0.15, 0.2) is 0 Å². The minimum Gasteiger partial charge on any atom is -0.374 e. The Morgan fingerprint density at radius 3 is 2.68 bits per heavy atom. The molecule has 2 heterocycles. The van der Waals surface area contributed by atoms with Crippen molar-refractivity contribution in [1.82, 2.24) is 10.2 Å². The Hall–Kier alpha value is -0.260. The quantitative estimate of drug-likeness (QED) is 0.909. The second kappa shape index (κ2) is 8.02. The highest BCUT2D eigenvalue weighted by Gasteiger charge is 2.30. The fourth-order valence-corrected chi connectivity index (χ4v) is 4.45. The molecule has 2 atom stereocenters. The molecule has 122 valence electrons. The van der Waals surface area contributed by atoms with Gasteiger partial charge in [0.2, 0.25) is 0 Å². The first-order valence-electron chi connectivity index (χ1n) is 8.12. The van der Waals surface area contributed by atoms with Crippen molar-refractivity contribution in [2.24, 2.45) is 0 Å². The Labute approximate surface area is 142 Å². The normalized spacial score (nSPS) is 26.0. The molecule has 22 heavy (non-hydrogen) atoms. The van der Waals surface area contributed by atoms with E-state index in [0.29, 0.717) is 6.04 Å². The number of hydrogen-bond donors (Lipinski definition) is 1. The summed E-state index contributed by atoms with van der Waals surface area (Å²) in [6.07, 6.45) is 2.70. The predicted octanol–water partition coefficient (Wildman–Crippen LogP) is 3.20. The number of benzene rings is 1. The van der Waals surface area contributed by atoms with Crippen molar-refractivity contribution in [3.05, 3.63) is 34.9 Å². The van der Waals surface area contributed by atoms with Crippen LogP contribution in [0.1, 0.15) is 24.4 Å². The van der Waals surface area contributed by atoms with Gasteiger partial charge in [-0.25, -0.2) is 0 Å². The van der Waals surface area contributed by atoms with Gasteiger partial charge < -0.3 is 15.0 Å². The topological polar surface area (TPSA) is 24.5 Å². The highest BCUT2D eigenvalue weighted by atomic mass is 35.5. The summed E-state index contributed by atoms with van der Waals surface area (Å²) >= 11 is 8.12. The van der Waals surface area contributed by atoms with E-state index in [1.54, 1.807) is 0 Å². The van der Waals surface area contributed by atoms with Crippen LogP contribution in [0, 0.1) is 0 Å². The molecule has 0 spiro atoms. The van der Waals surface area contributed by atoms with Crippen LogP contribution in [0.5, 0.6) is 0 Å². The maximum absolute atomic E-state index is 6.09. The lowest BCUT2D eigenvalue weighted by Gasteiger charge is -2.38. The lowest BCUT2D eigenvalue weighted by atomic mass is 9.98. The molecule has 2 fully saturated rings. The molecule has 0 radical (unpaired) electrons. The van der Waals surface area contributed by atoms with E-state index >= 15 is 0 Å². The number of nitrogens with one attached hydrogen (secondary N) is 1. The van der Waals surface area contributed by atoms with E-state index in [9.17, 15) is 0 Å². The Morgan fingerprint density at radius 2 is 2.00 bits per heavy atom. The van der Waals surface area contributed by atoms with Crippen LogP contribution >= 0.6 is 23.4 Å². The van der Waals surface area contributed by atoms with Crippen molar-refractivity contribution in [2.45, 2.75) is 31.0 Å². The minimum absolute atomic E-state index is 0.203. The van der Waals surface area contributed by atoms with Crippen LogP contribution in [0.2, 0.25) is 5.02 Å². The Morgan fingerprint density at radius 1 is 1.27 bits per heavy atom. The molecule has 0 aliphatic carbocycles. The fourth-order valence-electron chi connectivity index (χ4n) is 3.22. The lowest BCUT2D eigenvalue weighted by Crippen LogP contribution is -2.49. The SMILES string of the molecule is CN1CCOC(C(NC2CCSCC2)c2ccc(Cl)cc2)C1. The molecule has 0 amide bonds. The molecule has 0 bridgehead atoms. The number of likely N-dealkylation sites (N-methyl/N-ethyl adjacent to an activating group) is 1. The van der Waals surface area contributed by atoms with Crippen molar-refractivity contribution in [3.8, 4) is 0 Å². The second-order valence-corrected chi connectivity index (χ2v) is 7.92. The van der Waals surface area contributed by atoms with Crippen LogP contribution in [0.3, 0.4) is 0 Å². The number of thioether (sulfide) groups is 1. The van der Waals surface area contributed by atoms with E-state index in [2.05, 4.69) is 41.2 Å². The molecule has 2 aliphatic heterocycles. The summed E-state index contributed by atoms with van der Waals surface area (Å²) in [5, 5.41) is 4.66. The molecule has 3 nitrogen and oxygen atoms in total. The Bertz CT molecular complexity index is 464. The Balaban J connectivity index is 1.75. The van der Waals surface area contributed by atoms with Gasteiger partial charge in [-0.05, 0) is 49.1 Å². The van der Waals surface area contributed by atoms with Crippen LogP contribution in [-0.2, 0) is 4.74 Å². The van der Waals surface area contributed by atoms with Crippen LogP contribution in [0.4, 0.5) is 0 Å². The predicted molar refractivity (Wildman–Crippen MR) is 94.9 cm³/mol. The zero-order valence-electron chi connectivity index (χ0n) is 13.1. The summed E-state index contributed by atoms with van der Waals surface area (Å²) in [6, 6.07) is 9.07. The van der Waals surface area contributed by atoms with E-state index in [0.717, 1.165) is 24.7 Å². The molecule has 1 N–H and O–H groups in total. The molecule has 3 rings (SSSR count). The third-order valence-corrected chi connectivity index (χ3v) is 5.83. The van der Waals surface area contributed by atoms with Crippen LogP contribution in [-0.4, -0.2) is 55.3 Å². The number of halogens is 1. The summed E-state index contributed by atoms with van der Waals surface area (Å²) in [5.74, 6) is 2.52. The first-order valence-corrected chi connectivity index (χ1v) is 9.65. The number of hydrogen-bond acceptors (Lipinski definition) is 4. The van der Waals surface area contributed by atoms with E-state index < -0.39 is 0 Å². The zero-order valence-corrected chi connectivity index (χ0v) is 14.7. The van der Waals surface area contributed by atoms with Crippen molar-refractivity contribution >= 4 is 23.4 Å². The largest absolute Gasteiger partial charge is 0.374 e. The lowest BCUT2D eigenvalue weighted by molar-refractivity contribution is -0.0414. The molecule has 1 aromatic carbocycles. The summed E-state index contributed by atoms with van der Waals surface area (Å²) < 4.78 is 6.09. The average Bonchev–Trinajstić information content (AvgIpc) is 2.55. The fraction of sp³-hybridized carbons (Fsp3) is 0.647. The monoisotopic (exact) mass is 340 g/mol. The van der Waals surface area contributed by atoms with Crippen molar-refractivity contribution in [3.63, 3.8) is 0 Å². The maximum Gasteiger partial charge on any atom is 0.0896 e. The molecule has 0 saturated carbocycles. The zero-order chi connectivity index (χ0) is 15.4. The van der Waals surface area contributed by atoms with Crippen molar-refractivity contribution in [1.29, 1.82) is 0 Å². The van der Waals surface area contributed by atoms with Gasteiger partial charge in [0.1, 0.15) is 0 Å². The Kier molecular flexibility index (Phi) is 6.05. The number of rotatable bonds is 4. The summed E-state index contributed by atoms with van der Waals surface area (Å²) in [4.78, 5) is 2.36. The van der Waals surface area contributed by atoms with Crippen LogP contribution < -0.4 is 5.32 Å². The summed E-state index contributed by atoms with van der Waals surface area (Å²) in [6.45, 7) is 2.80. The molecule has 0 aromatic heterocycles. The molecule has 2 unspecified atom stereocenters. The highest BCUT2D eigenvalue weighted by Crippen LogP contribution is 2.27. The van der Waals surface area contributed by atoms with E-state index in [-0.39, 0.29) is 12.1 Å². The standard InChI is InChI=1S/C17H25ClN2OS/c1-20-8-9-21-16(12-20)17(13-2-4-14(18)5-3-13)19-15-6-10-22-11-7-15/h2-5,15-17,19H,6-12H2,1H3. The molecular formula is C17H25ClN2OS. The van der Waals surface area contributed by atoms with Gasteiger partial charge in [0.25, 0.3) is 0 Å². The number of morpholine rings is 1. The van der Waals surface area contributed by atoms with Crippen LogP contribution in [0.25, 0.3) is 0 Å². The highest BCUT2D eigenvalue weighted by molar-refractivity contribution is 7.99. The number of nitrogens with zero attached hydrogens (tertiary/aromatic N) is 1. The van der Waals surface area contributed by atoms with Gasteiger partial charge in [-0.15, -0.1) is 0 Å². The third-order valence-electron chi connectivity index (χ3n) is 4.53. The van der Waals surface area contributed by atoms with E-state index in [1.165, 1.54) is 29.9 Å². The van der Waals surface area contributed by atoms with Gasteiger partial charge in [-0.3, -0.25) is 0 Å². The first kappa shape index (κ1) is 16.6. The van der Waals surface area contributed by atoms with Gasteiger partial charge in [0, 0.05) is 24.2 Å². The molecule has 1 aromatic rings. The van der Waals surface area contributed by atoms with E-state index in [4.69, 9.17) is 16.3 Å². The molecule has 2 saturated heterocycles. The molecular weight excluding hydrogens is 316 g/mol. The second-order valence-electron chi connectivity index (χ2n) is 6.25. The van der Waals surface area contributed by atoms with Gasteiger partial charge in [-0.2, -0.15) is 11.8 Å². The third kappa shape index (κ3) is 4.39. The van der Waals surface area contributed by atoms with Crippen molar-refractivity contribution < 1.29 is 4.74 Å². The first-order chi connectivity index (χ1) is 10.7. The van der Waals surface area contributed by atoms with E-state index in [1.807, 2.05) is 12.1 Å². The van der Waals surface area contributed by atoms with Gasteiger partial charge in [0.05, 0.1) is 18.8 Å². The average molecular weight is 341 g/mol. The summed E-state index contributed by atoms with van der Waals surface area (Å²) in [7, 11) is 2.17. The van der Waals surface area contributed by atoms with Gasteiger partial charge >= 0.3 is 0 Å². The molecule has 5 heteroatoms. The van der Waals surface area contributed by atoms with Crippen molar-refractivity contribution in [2.75, 3.05) is 38.2 Å². The number of ether oxygens (including phenoxy) is 1. The minimum atomic E-state index is 0.203. The van der Waals surface area contributed by atoms with Gasteiger partial charge in [-0.1, -0.05) is 23.7 Å². The summed E-state index contributed by atoms with van der Waals surface area (Å²) in [5.41, 5.74) is 1.28.